The van der Waals surface area contributed by atoms with Crippen molar-refractivity contribution in [3.8, 4) is 11.5 Å². The number of rotatable bonds is 3. The van der Waals surface area contributed by atoms with Gasteiger partial charge in [0.2, 0.25) is 0 Å². The SMILES string of the molecule is CC1(C)OC(C=Cc2ccc(O)c(O)c2)=CC(c2ccccc2)=[O+]1. The van der Waals surface area contributed by atoms with Crippen molar-refractivity contribution in [1.29, 1.82) is 0 Å². The normalized spacial score (nSPS) is 16.4. The third kappa shape index (κ3) is 3.66. The third-order valence-electron chi connectivity index (χ3n) is 3.49. The number of ether oxygens (including phenoxy) is 1. The van der Waals surface area contributed by atoms with Crippen molar-refractivity contribution in [3.63, 3.8) is 0 Å². The van der Waals surface area contributed by atoms with Gasteiger partial charge in [0.1, 0.15) is 5.76 Å². The van der Waals surface area contributed by atoms with Crippen molar-refractivity contribution < 1.29 is 19.4 Å². The molecule has 0 atom stereocenters. The topological polar surface area (TPSA) is 61.0 Å². The number of allylic oxidation sites excluding steroid dienone is 2. The largest absolute Gasteiger partial charge is 0.504 e. The fraction of sp³-hybridized carbons (Fsp3) is 0.150. The molecule has 2 aromatic carbocycles. The molecule has 2 N–H and O–H groups in total. The Kier molecular flexibility index (Phi) is 4.13. The molecule has 122 valence electrons. The standard InChI is InChI=1S/C20H18O4/c1-20(2)23-16(10-8-14-9-11-17(21)18(22)12-14)13-19(24-20)15-6-4-3-5-7-15/h3-13H,1-2H3,(H-,21,22)/p+1. The maximum Gasteiger partial charge on any atom is 0.424 e. The quantitative estimate of drug-likeness (QED) is 0.658. The molecule has 0 amide bonds. The first-order chi connectivity index (χ1) is 11.4. The molecule has 0 aromatic heterocycles. The van der Waals surface area contributed by atoms with Crippen LogP contribution in [-0.2, 0) is 4.74 Å². The molecular weight excluding hydrogens is 304 g/mol. The Hall–Kier alpha value is -3.01. The number of carbonyl (C=O) groups excluding carboxylic acids is 1. The van der Waals surface area contributed by atoms with Crippen LogP contribution in [0, 0.1) is 0 Å². The van der Waals surface area contributed by atoms with Gasteiger partial charge in [0.15, 0.2) is 11.5 Å². The van der Waals surface area contributed by atoms with Gasteiger partial charge in [-0.15, -0.1) is 0 Å². The lowest BCUT2D eigenvalue weighted by Crippen LogP contribution is -2.27. The zero-order valence-electron chi connectivity index (χ0n) is 13.6. The number of aromatic hydroxyl groups is 2. The Morgan fingerprint density at radius 3 is 2.42 bits per heavy atom. The molecule has 0 fully saturated rings. The van der Waals surface area contributed by atoms with Crippen LogP contribution in [0.5, 0.6) is 11.5 Å². The lowest BCUT2D eigenvalue weighted by atomic mass is 10.1. The van der Waals surface area contributed by atoms with Crippen LogP contribution in [0.3, 0.4) is 0 Å². The Morgan fingerprint density at radius 2 is 1.71 bits per heavy atom. The van der Waals surface area contributed by atoms with E-state index in [0.717, 1.165) is 16.9 Å². The molecule has 24 heavy (non-hydrogen) atoms. The van der Waals surface area contributed by atoms with Crippen molar-refractivity contribution in [2.75, 3.05) is 0 Å². The van der Waals surface area contributed by atoms with E-state index in [9.17, 15) is 10.2 Å². The minimum atomic E-state index is -0.781. The molecule has 0 saturated carbocycles. The van der Waals surface area contributed by atoms with Gasteiger partial charge in [-0.05, 0) is 35.9 Å². The van der Waals surface area contributed by atoms with Crippen molar-refractivity contribution in [2.45, 2.75) is 19.6 Å². The van der Waals surface area contributed by atoms with Crippen molar-refractivity contribution in [2.24, 2.45) is 0 Å². The van der Waals surface area contributed by atoms with Crippen LogP contribution in [0.4, 0.5) is 0 Å². The summed E-state index contributed by atoms with van der Waals surface area (Å²) in [4.78, 5) is 0. The molecule has 3 rings (SSSR count). The molecule has 1 aliphatic heterocycles. The Balaban J connectivity index is 1.89. The monoisotopic (exact) mass is 323 g/mol. The van der Waals surface area contributed by atoms with Gasteiger partial charge in [0, 0.05) is 0 Å². The van der Waals surface area contributed by atoms with E-state index in [-0.39, 0.29) is 11.5 Å². The average Bonchev–Trinajstić information content (AvgIpc) is 2.55. The first kappa shape index (κ1) is 15.9. The fourth-order valence-corrected chi connectivity index (χ4v) is 2.41. The summed E-state index contributed by atoms with van der Waals surface area (Å²) in [6.45, 7) is 3.70. The van der Waals surface area contributed by atoms with Crippen molar-refractivity contribution in [1.82, 2.24) is 0 Å². The van der Waals surface area contributed by atoms with Gasteiger partial charge in [0.25, 0.3) is 0 Å². The van der Waals surface area contributed by atoms with Crippen LogP contribution in [-0.4, -0.2) is 21.8 Å². The molecule has 0 spiro atoms. The molecule has 0 bridgehead atoms. The summed E-state index contributed by atoms with van der Waals surface area (Å²) < 4.78 is 11.7. The molecule has 4 nitrogen and oxygen atoms in total. The minimum Gasteiger partial charge on any atom is -0.504 e. The van der Waals surface area contributed by atoms with Crippen LogP contribution in [0.15, 0.2) is 66.4 Å². The van der Waals surface area contributed by atoms with E-state index in [0.29, 0.717) is 5.76 Å². The lowest BCUT2D eigenvalue weighted by molar-refractivity contribution is -0.462. The number of hydrogen-bond donors (Lipinski definition) is 2. The Labute approximate surface area is 140 Å². The number of benzene rings is 2. The summed E-state index contributed by atoms with van der Waals surface area (Å²) in [7, 11) is 0. The highest BCUT2D eigenvalue weighted by molar-refractivity contribution is 6.05. The summed E-state index contributed by atoms with van der Waals surface area (Å²) in [6, 6.07) is 14.5. The van der Waals surface area contributed by atoms with Gasteiger partial charge < -0.3 is 14.9 Å². The highest BCUT2D eigenvalue weighted by atomic mass is 16.7. The van der Waals surface area contributed by atoms with Crippen LogP contribution in [0.2, 0.25) is 0 Å². The molecular formula is C20H19O4+. The van der Waals surface area contributed by atoms with Crippen LogP contribution >= 0.6 is 0 Å². The van der Waals surface area contributed by atoms with E-state index >= 15 is 0 Å². The summed E-state index contributed by atoms with van der Waals surface area (Å²) in [5, 5.41) is 18.9. The minimum absolute atomic E-state index is 0.144. The summed E-state index contributed by atoms with van der Waals surface area (Å²) in [6.07, 6.45) is 5.44. The number of phenolic OH excluding ortho intramolecular Hbond substituents is 2. The predicted molar refractivity (Wildman–Crippen MR) is 92.8 cm³/mol. The van der Waals surface area contributed by atoms with E-state index in [2.05, 4.69) is 0 Å². The number of phenols is 2. The lowest BCUT2D eigenvalue weighted by Gasteiger charge is -2.17. The highest BCUT2D eigenvalue weighted by Crippen LogP contribution is 2.27. The molecule has 2 aromatic rings. The van der Waals surface area contributed by atoms with Crippen LogP contribution < -0.4 is 0 Å². The van der Waals surface area contributed by atoms with Crippen molar-refractivity contribution >= 4 is 11.9 Å². The number of ketones is 1. The molecule has 0 radical (unpaired) electrons. The zero-order valence-corrected chi connectivity index (χ0v) is 13.6. The third-order valence-corrected chi connectivity index (χ3v) is 3.49. The second-order valence-corrected chi connectivity index (χ2v) is 5.96. The van der Waals surface area contributed by atoms with Crippen LogP contribution in [0.25, 0.3) is 6.08 Å². The van der Waals surface area contributed by atoms with E-state index in [1.165, 1.54) is 12.1 Å². The molecule has 1 heterocycles. The maximum absolute atomic E-state index is 9.56. The van der Waals surface area contributed by atoms with E-state index in [1.807, 2.05) is 50.3 Å². The van der Waals surface area contributed by atoms with Gasteiger partial charge in [-0.2, -0.15) is 0 Å². The van der Waals surface area contributed by atoms with Crippen LogP contribution in [0.1, 0.15) is 29.4 Å². The molecule has 4 heteroatoms. The fourth-order valence-electron chi connectivity index (χ4n) is 2.41. The van der Waals surface area contributed by atoms with Gasteiger partial charge in [0.05, 0.1) is 25.5 Å². The van der Waals surface area contributed by atoms with E-state index < -0.39 is 5.79 Å². The van der Waals surface area contributed by atoms with Crippen molar-refractivity contribution in [3.05, 3.63) is 77.6 Å². The highest BCUT2D eigenvalue weighted by Gasteiger charge is 2.37. The Bertz CT molecular complexity index is 830. The summed E-state index contributed by atoms with van der Waals surface area (Å²) in [5.41, 5.74) is 1.72. The Morgan fingerprint density at radius 1 is 0.958 bits per heavy atom. The summed E-state index contributed by atoms with van der Waals surface area (Å²) in [5.74, 6) is 0.305. The van der Waals surface area contributed by atoms with Gasteiger partial charge in [-0.1, -0.05) is 30.3 Å². The first-order valence-corrected chi connectivity index (χ1v) is 7.65. The van der Waals surface area contributed by atoms with Gasteiger partial charge in [-0.3, -0.25) is 0 Å². The molecule has 0 saturated heterocycles. The van der Waals surface area contributed by atoms with E-state index in [1.54, 1.807) is 18.2 Å². The zero-order chi connectivity index (χ0) is 17.2. The molecule has 0 unspecified atom stereocenters. The summed E-state index contributed by atoms with van der Waals surface area (Å²) >= 11 is 0. The second-order valence-electron chi connectivity index (χ2n) is 5.96. The van der Waals surface area contributed by atoms with Gasteiger partial charge in [-0.25, -0.2) is 4.42 Å². The molecule has 1 aliphatic rings. The predicted octanol–water partition coefficient (Wildman–Crippen LogP) is 4.18. The van der Waals surface area contributed by atoms with E-state index in [4.69, 9.17) is 9.16 Å². The number of hydrogen-bond acceptors (Lipinski definition) is 3. The molecule has 0 aliphatic carbocycles. The average molecular weight is 323 g/mol. The first-order valence-electron chi connectivity index (χ1n) is 7.65. The maximum atomic E-state index is 9.56. The smallest absolute Gasteiger partial charge is 0.424 e. The second kappa shape index (κ2) is 6.24. The van der Waals surface area contributed by atoms with Gasteiger partial charge >= 0.3 is 11.6 Å².